The Morgan fingerprint density at radius 3 is 2.83 bits per heavy atom. The third-order valence-electron chi connectivity index (χ3n) is 3.39. The van der Waals surface area contributed by atoms with E-state index in [4.69, 9.17) is 5.73 Å². The molecule has 1 aliphatic heterocycles. The van der Waals surface area contributed by atoms with Gasteiger partial charge in [0, 0.05) is 24.6 Å². The average molecular weight is 268 g/mol. The first-order valence-electron chi connectivity index (χ1n) is 6.04. The van der Waals surface area contributed by atoms with E-state index in [0.29, 0.717) is 11.0 Å². The molecule has 1 aromatic rings. The SMILES string of the molecule is CSc1nc(N)cc(N2CCC(O)C(C)(C)C2)n1. The number of aliphatic hydroxyl groups excluding tert-OH is 1. The van der Waals surface area contributed by atoms with Gasteiger partial charge in [-0.3, -0.25) is 0 Å². The summed E-state index contributed by atoms with van der Waals surface area (Å²) in [7, 11) is 0. The fourth-order valence-corrected chi connectivity index (χ4v) is 2.61. The quantitative estimate of drug-likeness (QED) is 0.623. The summed E-state index contributed by atoms with van der Waals surface area (Å²) in [5.41, 5.74) is 5.67. The summed E-state index contributed by atoms with van der Waals surface area (Å²) >= 11 is 1.48. The molecule has 0 bridgehead atoms. The number of anilines is 2. The zero-order chi connectivity index (χ0) is 13.3. The van der Waals surface area contributed by atoms with E-state index in [9.17, 15) is 5.11 Å². The van der Waals surface area contributed by atoms with Crippen LogP contribution in [-0.4, -0.2) is 40.5 Å². The Bertz CT molecular complexity index is 438. The van der Waals surface area contributed by atoms with Crippen LogP contribution in [0.5, 0.6) is 0 Å². The van der Waals surface area contributed by atoms with Crippen molar-refractivity contribution < 1.29 is 5.11 Å². The van der Waals surface area contributed by atoms with Crippen LogP contribution in [0.1, 0.15) is 20.3 Å². The molecule has 0 spiro atoms. The summed E-state index contributed by atoms with van der Waals surface area (Å²) in [4.78, 5) is 10.8. The van der Waals surface area contributed by atoms with Gasteiger partial charge in [-0.25, -0.2) is 9.97 Å². The molecule has 1 aromatic heterocycles. The first-order valence-corrected chi connectivity index (χ1v) is 7.26. The van der Waals surface area contributed by atoms with Gasteiger partial charge < -0.3 is 15.7 Å². The molecule has 2 heterocycles. The van der Waals surface area contributed by atoms with Crippen molar-refractivity contribution in [2.24, 2.45) is 5.41 Å². The largest absolute Gasteiger partial charge is 0.392 e. The van der Waals surface area contributed by atoms with E-state index in [2.05, 4.69) is 28.7 Å². The second-order valence-corrected chi connectivity index (χ2v) is 6.13. The molecule has 0 aliphatic carbocycles. The molecular formula is C12H20N4OS. The number of hydrogen-bond donors (Lipinski definition) is 2. The van der Waals surface area contributed by atoms with Crippen LogP contribution in [0.2, 0.25) is 0 Å². The summed E-state index contributed by atoms with van der Waals surface area (Å²) in [5, 5.41) is 10.7. The third-order valence-corrected chi connectivity index (χ3v) is 3.94. The predicted molar refractivity (Wildman–Crippen MR) is 74.8 cm³/mol. The topological polar surface area (TPSA) is 75.3 Å². The highest BCUT2D eigenvalue weighted by atomic mass is 32.2. The van der Waals surface area contributed by atoms with E-state index in [0.717, 1.165) is 25.3 Å². The van der Waals surface area contributed by atoms with Gasteiger partial charge in [0.25, 0.3) is 0 Å². The summed E-state index contributed by atoms with van der Waals surface area (Å²) < 4.78 is 0. The molecule has 0 aromatic carbocycles. The van der Waals surface area contributed by atoms with Gasteiger partial charge in [-0.1, -0.05) is 25.6 Å². The second-order valence-electron chi connectivity index (χ2n) is 5.35. The molecule has 1 atom stereocenters. The minimum absolute atomic E-state index is 0.127. The van der Waals surface area contributed by atoms with Crippen molar-refractivity contribution in [2.45, 2.75) is 31.5 Å². The molecular weight excluding hydrogens is 248 g/mol. The minimum atomic E-state index is -0.257. The van der Waals surface area contributed by atoms with Crippen molar-refractivity contribution in [1.29, 1.82) is 0 Å². The van der Waals surface area contributed by atoms with Crippen molar-refractivity contribution in [3.63, 3.8) is 0 Å². The molecule has 1 aliphatic rings. The second kappa shape index (κ2) is 4.93. The normalized spacial score (nSPS) is 23.1. The highest BCUT2D eigenvalue weighted by molar-refractivity contribution is 7.98. The first kappa shape index (κ1) is 13.4. The van der Waals surface area contributed by atoms with Gasteiger partial charge >= 0.3 is 0 Å². The Labute approximate surface area is 112 Å². The van der Waals surface area contributed by atoms with Gasteiger partial charge in [0.1, 0.15) is 11.6 Å². The smallest absolute Gasteiger partial charge is 0.191 e. The molecule has 1 unspecified atom stereocenters. The number of nitrogens with two attached hydrogens (primary N) is 1. The molecule has 1 saturated heterocycles. The van der Waals surface area contributed by atoms with E-state index in [1.807, 2.05) is 6.26 Å². The number of piperidine rings is 1. The molecule has 18 heavy (non-hydrogen) atoms. The Hall–Kier alpha value is -1.01. The van der Waals surface area contributed by atoms with Gasteiger partial charge in [-0.15, -0.1) is 0 Å². The maximum atomic E-state index is 9.97. The molecule has 100 valence electrons. The van der Waals surface area contributed by atoms with Gasteiger partial charge in [0.05, 0.1) is 6.10 Å². The molecule has 0 amide bonds. The summed E-state index contributed by atoms with van der Waals surface area (Å²) in [6.07, 6.45) is 2.43. The summed E-state index contributed by atoms with van der Waals surface area (Å²) in [6.45, 7) is 5.72. The molecule has 5 nitrogen and oxygen atoms in total. The predicted octanol–water partition coefficient (Wildman–Crippen LogP) is 1.38. The van der Waals surface area contributed by atoms with Crippen LogP contribution < -0.4 is 10.6 Å². The Balaban J connectivity index is 2.24. The zero-order valence-electron chi connectivity index (χ0n) is 11.1. The number of nitrogens with zero attached hydrogens (tertiary/aromatic N) is 3. The fraction of sp³-hybridized carbons (Fsp3) is 0.667. The van der Waals surface area contributed by atoms with E-state index in [-0.39, 0.29) is 11.5 Å². The molecule has 2 rings (SSSR count). The average Bonchev–Trinajstić information content (AvgIpc) is 2.31. The van der Waals surface area contributed by atoms with Gasteiger partial charge in [-0.2, -0.15) is 0 Å². The van der Waals surface area contributed by atoms with Crippen molar-refractivity contribution in [3.05, 3.63) is 6.07 Å². The number of aromatic nitrogens is 2. The summed E-state index contributed by atoms with van der Waals surface area (Å²) in [5.74, 6) is 1.35. The Morgan fingerprint density at radius 1 is 1.50 bits per heavy atom. The van der Waals surface area contributed by atoms with Crippen LogP contribution in [0.15, 0.2) is 11.2 Å². The molecule has 0 saturated carbocycles. The number of aliphatic hydroxyl groups is 1. The van der Waals surface area contributed by atoms with Crippen LogP contribution in [-0.2, 0) is 0 Å². The fourth-order valence-electron chi connectivity index (χ4n) is 2.22. The lowest BCUT2D eigenvalue weighted by Gasteiger charge is -2.42. The minimum Gasteiger partial charge on any atom is -0.392 e. The van der Waals surface area contributed by atoms with Crippen LogP contribution in [0.25, 0.3) is 0 Å². The van der Waals surface area contributed by atoms with E-state index in [1.165, 1.54) is 11.8 Å². The van der Waals surface area contributed by atoms with Gasteiger partial charge in [0.15, 0.2) is 5.16 Å². The lowest BCUT2D eigenvalue weighted by atomic mass is 9.81. The monoisotopic (exact) mass is 268 g/mol. The first-order chi connectivity index (χ1) is 8.42. The number of nitrogen functional groups attached to an aromatic ring is 1. The van der Waals surface area contributed by atoms with E-state index in [1.54, 1.807) is 6.07 Å². The molecule has 1 fully saturated rings. The third kappa shape index (κ3) is 2.70. The Kier molecular flexibility index (Phi) is 3.68. The van der Waals surface area contributed by atoms with Gasteiger partial charge in [-0.05, 0) is 12.7 Å². The van der Waals surface area contributed by atoms with Crippen LogP contribution >= 0.6 is 11.8 Å². The highest BCUT2D eigenvalue weighted by Crippen LogP contribution is 2.32. The maximum Gasteiger partial charge on any atom is 0.191 e. The number of rotatable bonds is 2. The maximum absolute atomic E-state index is 9.97. The lowest BCUT2D eigenvalue weighted by molar-refractivity contribution is 0.0334. The van der Waals surface area contributed by atoms with E-state index >= 15 is 0 Å². The van der Waals surface area contributed by atoms with Crippen molar-refractivity contribution in [1.82, 2.24) is 9.97 Å². The zero-order valence-corrected chi connectivity index (χ0v) is 11.9. The standard InChI is InChI=1S/C12H20N4OS/c1-12(2)7-16(5-4-8(12)17)10-6-9(13)14-11(15-10)18-3/h6,8,17H,4-5,7H2,1-3H3,(H2,13,14,15). The van der Waals surface area contributed by atoms with Crippen molar-refractivity contribution >= 4 is 23.4 Å². The van der Waals surface area contributed by atoms with Crippen LogP contribution in [0.3, 0.4) is 0 Å². The van der Waals surface area contributed by atoms with Crippen LogP contribution in [0, 0.1) is 5.41 Å². The van der Waals surface area contributed by atoms with E-state index < -0.39 is 0 Å². The van der Waals surface area contributed by atoms with Crippen molar-refractivity contribution in [2.75, 3.05) is 30.0 Å². The Morgan fingerprint density at radius 2 is 2.22 bits per heavy atom. The molecule has 3 N–H and O–H groups in total. The molecule has 0 radical (unpaired) electrons. The number of hydrogen-bond acceptors (Lipinski definition) is 6. The number of thioether (sulfide) groups is 1. The van der Waals surface area contributed by atoms with Crippen molar-refractivity contribution in [3.8, 4) is 0 Å². The molecule has 6 heteroatoms. The van der Waals surface area contributed by atoms with Gasteiger partial charge in [0.2, 0.25) is 0 Å². The highest BCUT2D eigenvalue weighted by Gasteiger charge is 2.35. The lowest BCUT2D eigenvalue weighted by Crippen LogP contribution is -2.49. The van der Waals surface area contributed by atoms with Crippen LogP contribution in [0.4, 0.5) is 11.6 Å². The summed E-state index contributed by atoms with van der Waals surface area (Å²) in [6, 6.07) is 1.80.